The van der Waals surface area contributed by atoms with E-state index in [2.05, 4.69) is 18.7 Å². The average Bonchev–Trinajstić information content (AvgIpc) is 2.30. The van der Waals surface area contributed by atoms with Gasteiger partial charge in [0.25, 0.3) is 0 Å². The molecule has 4 heteroatoms. The van der Waals surface area contributed by atoms with Gasteiger partial charge in [-0.05, 0) is 12.8 Å². The van der Waals surface area contributed by atoms with Crippen LogP contribution in [-0.2, 0) is 14.3 Å². The molecule has 1 aliphatic heterocycles. The van der Waals surface area contributed by atoms with Crippen LogP contribution >= 0.6 is 0 Å². The lowest BCUT2D eigenvalue weighted by atomic mass is 10.1. The fourth-order valence-electron chi connectivity index (χ4n) is 2.15. The number of esters is 1. The van der Waals surface area contributed by atoms with Crippen LogP contribution in [0.2, 0.25) is 0 Å². The first kappa shape index (κ1) is 12.5. The summed E-state index contributed by atoms with van der Waals surface area (Å²) in [5.74, 6) is -0.179. The van der Waals surface area contributed by atoms with Gasteiger partial charge >= 0.3 is 5.97 Å². The van der Waals surface area contributed by atoms with Crippen LogP contribution < -0.4 is 0 Å². The molecule has 0 aliphatic carbocycles. The summed E-state index contributed by atoms with van der Waals surface area (Å²) in [5, 5.41) is 0. The van der Waals surface area contributed by atoms with Gasteiger partial charge in [-0.2, -0.15) is 0 Å². The van der Waals surface area contributed by atoms with Gasteiger partial charge in [-0.25, -0.2) is 0 Å². The Morgan fingerprint density at radius 2 is 2.20 bits per heavy atom. The lowest BCUT2D eigenvalue weighted by Gasteiger charge is -2.38. The van der Waals surface area contributed by atoms with E-state index in [0.29, 0.717) is 19.3 Å². The standard InChI is InChI=1S/C11H21NO3/c1-4-9(5-2)12-6-7-15-8-10(12)11(13)14-3/h9-10H,4-8H2,1-3H3. The van der Waals surface area contributed by atoms with Gasteiger partial charge in [-0.3, -0.25) is 9.69 Å². The van der Waals surface area contributed by atoms with Crippen molar-refractivity contribution in [1.29, 1.82) is 0 Å². The highest BCUT2D eigenvalue weighted by molar-refractivity contribution is 5.76. The molecule has 15 heavy (non-hydrogen) atoms. The van der Waals surface area contributed by atoms with Crippen LogP contribution in [0.4, 0.5) is 0 Å². The summed E-state index contributed by atoms with van der Waals surface area (Å²) in [6.45, 7) is 6.30. The Balaban J connectivity index is 2.68. The predicted molar refractivity (Wildman–Crippen MR) is 57.7 cm³/mol. The number of hydrogen-bond donors (Lipinski definition) is 0. The van der Waals surface area contributed by atoms with Crippen LogP contribution in [0.3, 0.4) is 0 Å². The number of morpholine rings is 1. The normalized spacial score (nSPS) is 23.1. The highest BCUT2D eigenvalue weighted by Gasteiger charge is 2.33. The Kier molecular flexibility index (Phi) is 5.05. The van der Waals surface area contributed by atoms with Crippen molar-refractivity contribution in [3.63, 3.8) is 0 Å². The number of carbonyl (C=O) groups is 1. The summed E-state index contributed by atoms with van der Waals surface area (Å²) < 4.78 is 10.1. The summed E-state index contributed by atoms with van der Waals surface area (Å²) in [5.41, 5.74) is 0. The van der Waals surface area contributed by atoms with Crippen LogP contribution in [0.25, 0.3) is 0 Å². The molecular formula is C11H21NO3. The van der Waals surface area contributed by atoms with Gasteiger partial charge in [0.05, 0.1) is 20.3 Å². The lowest BCUT2D eigenvalue weighted by Crippen LogP contribution is -2.54. The lowest BCUT2D eigenvalue weighted by molar-refractivity contribution is -0.155. The molecule has 1 unspecified atom stereocenters. The van der Waals surface area contributed by atoms with Crippen LogP contribution in [0, 0.1) is 0 Å². The molecule has 0 N–H and O–H groups in total. The van der Waals surface area contributed by atoms with Crippen LogP contribution in [0.1, 0.15) is 26.7 Å². The first-order valence-electron chi connectivity index (χ1n) is 5.65. The first-order chi connectivity index (χ1) is 7.24. The number of rotatable bonds is 4. The molecule has 1 fully saturated rings. The van der Waals surface area contributed by atoms with E-state index in [-0.39, 0.29) is 12.0 Å². The van der Waals surface area contributed by atoms with E-state index in [1.165, 1.54) is 7.11 Å². The Labute approximate surface area is 91.5 Å². The second-order valence-electron chi connectivity index (χ2n) is 3.82. The molecule has 0 spiro atoms. The van der Waals surface area contributed by atoms with Gasteiger partial charge < -0.3 is 9.47 Å². The Bertz CT molecular complexity index is 204. The van der Waals surface area contributed by atoms with Crippen molar-refractivity contribution in [1.82, 2.24) is 4.90 Å². The van der Waals surface area contributed by atoms with Gasteiger partial charge in [0.2, 0.25) is 0 Å². The Morgan fingerprint density at radius 3 is 2.73 bits per heavy atom. The second kappa shape index (κ2) is 6.08. The van der Waals surface area contributed by atoms with Crippen molar-refractivity contribution in [3.8, 4) is 0 Å². The molecule has 0 aromatic heterocycles. The number of nitrogens with zero attached hydrogens (tertiary/aromatic N) is 1. The van der Waals surface area contributed by atoms with Crippen molar-refractivity contribution < 1.29 is 14.3 Å². The first-order valence-corrected chi connectivity index (χ1v) is 5.65. The van der Waals surface area contributed by atoms with E-state index in [9.17, 15) is 4.79 Å². The largest absolute Gasteiger partial charge is 0.468 e. The average molecular weight is 215 g/mol. The SMILES string of the molecule is CCC(CC)N1CCOCC1C(=O)OC. The maximum Gasteiger partial charge on any atom is 0.325 e. The molecule has 0 radical (unpaired) electrons. The third-order valence-corrected chi connectivity index (χ3v) is 3.05. The zero-order valence-corrected chi connectivity index (χ0v) is 9.86. The molecule has 1 aliphatic rings. The maximum atomic E-state index is 11.6. The summed E-state index contributed by atoms with van der Waals surface area (Å²) >= 11 is 0. The molecular weight excluding hydrogens is 194 g/mol. The van der Waals surface area contributed by atoms with E-state index < -0.39 is 0 Å². The summed E-state index contributed by atoms with van der Waals surface area (Å²) in [7, 11) is 1.43. The zero-order valence-electron chi connectivity index (χ0n) is 9.86. The Hall–Kier alpha value is -0.610. The minimum atomic E-state index is -0.214. The van der Waals surface area contributed by atoms with Crippen molar-refractivity contribution in [2.75, 3.05) is 26.9 Å². The number of ether oxygens (including phenoxy) is 2. The van der Waals surface area contributed by atoms with Gasteiger partial charge in [0.1, 0.15) is 6.04 Å². The molecule has 1 rings (SSSR count). The number of methoxy groups -OCH3 is 1. The van der Waals surface area contributed by atoms with Gasteiger partial charge in [-0.15, -0.1) is 0 Å². The molecule has 0 aromatic rings. The van der Waals surface area contributed by atoms with Crippen molar-refractivity contribution in [2.45, 2.75) is 38.8 Å². The fourth-order valence-corrected chi connectivity index (χ4v) is 2.15. The van der Waals surface area contributed by atoms with E-state index in [0.717, 1.165) is 19.4 Å². The second-order valence-corrected chi connectivity index (χ2v) is 3.82. The molecule has 1 heterocycles. The van der Waals surface area contributed by atoms with Gasteiger partial charge in [0.15, 0.2) is 0 Å². The molecule has 88 valence electrons. The van der Waals surface area contributed by atoms with Crippen molar-refractivity contribution in [3.05, 3.63) is 0 Å². The fraction of sp³-hybridized carbons (Fsp3) is 0.909. The highest BCUT2D eigenvalue weighted by atomic mass is 16.5. The van der Waals surface area contributed by atoms with Crippen molar-refractivity contribution >= 4 is 5.97 Å². The number of hydrogen-bond acceptors (Lipinski definition) is 4. The molecule has 0 saturated carbocycles. The minimum Gasteiger partial charge on any atom is -0.468 e. The molecule has 0 amide bonds. The highest BCUT2D eigenvalue weighted by Crippen LogP contribution is 2.17. The summed E-state index contributed by atoms with van der Waals surface area (Å²) in [6, 6.07) is 0.242. The topological polar surface area (TPSA) is 38.8 Å². The van der Waals surface area contributed by atoms with E-state index in [1.807, 2.05) is 0 Å². The molecule has 0 bridgehead atoms. The summed E-state index contributed by atoms with van der Waals surface area (Å²) in [4.78, 5) is 13.8. The van der Waals surface area contributed by atoms with Crippen molar-refractivity contribution in [2.24, 2.45) is 0 Å². The summed E-state index contributed by atoms with van der Waals surface area (Å²) in [6.07, 6.45) is 2.12. The van der Waals surface area contributed by atoms with Crippen LogP contribution in [0.5, 0.6) is 0 Å². The van der Waals surface area contributed by atoms with Crippen LogP contribution in [-0.4, -0.2) is 49.8 Å². The predicted octanol–water partition coefficient (Wildman–Crippen LogP) is 1.05. The smallest absolute Gasteiger partial charge is 0.325 e. The molecule has 4 nitrogen and oxygen atoms in total. The van der Waals surface area contributed by atoms with Gasteiger partial charge in [-0.1, -0.05) is 13.8 Å². The number of carbonyl (C=O) groups excluding carboxylic acids is 1. The van der Waals surface area contributed by atoms with E-state index >= 15 is 0 Å². The minimum absolute atomic E-state index is 0.179. The monoisotopic (exact) mass is 215 g/mol. The van der Waals surface area contributed by atoms with E-state index in [1.54, 1.807) is 0 Å². The quantitative estimate of drug-likeness (QED) is 0.657. The molecule has 1 atom stereocenters. The van der Waals surface area contributed by atoms with Gasteiger partial charge in [0, 0.05) is 12.6 Å². The molecule has 0 aromatic carbocycles. The maximum absolute atomic E-state index is 11.6. The third kappa shape index (κ3) is 2.92. The Morgan fingerprint density at radius 1 is 1.53 bits per heavy atom. The van der Waals surface area contributed by atoms with E-state index in [4.69, 9.17) is 9.47 Å². The molecule has 1 saturated heterocycles. The zero-order chi connectivity index (χ0) is 11.3. The van der Waals surface area contributed by atoms with Crippen LogP contribution in [0.15, 0.2) is 0 Å². The third-order valence-electron chi connectivity index (χ3n) is 3.05.